The predicted molar refractivity (Wildman–Crippen MR) is 138 cm³/mol. The normalized spacial score (nSPS) is 15.5. The van der Waals surface area contributed by atoms with Crippen molar-refractivity contribution in [3.8, 4) is 17.2 Å². The number of aromatic nitrogens is 1. The number of carbonyl (C=O) groups is 2. The first-order chi connectivity index (χ1) is 17.8. The zero-order chi connectivity index (χ0) is 26.4. The van der Waals surface area contributed by atoms with Gasteiger partial charge in [0.15, 0.2) is 28.1 Å². The number of rotatable bonds is 7. The molecular formula is C27H24N2O7S. The second-order valence-electron chi connectivity index (χ2n) is 8.53. The molecule has 4 aromatic rings. The van der Waals surface area contributed by atoms with E-state index in [2.05, 4.69) is 0 Å². The number of fused-ring (bicyclic) bond motifs is 1. The van der Waals surface area contributed by atoms with E-state index in [-0.39, 0.29) is 11.3 Å². The van der Waals surface area contributed by atoms with Crippen LogP contribution in [-0.2, 0) is 4.79 Å². The SMILES string of the molecule is COc1cc(C2C(C(=O)c3ccco3)=C(O)C(=O)N2c2nc3c(C)cc(C)cc3s2)cc(OC)c1OC. The maximum Gasteiger partial charge on any atom is 0.296 e. The molecule has 1 aliphatic rings. The molecule has 0 fully saturated rings. The Labute approximate surface area is 216 Å². The Balaban J connectivity index is 1.75. The van der Waals surface area contributed by atoms with Gasteiger partial charge in [-0.1, -0.05) is 17.4 Å². The molecule has 37 heavy (non-hydrogen) atoms. The Bertz CT molecular complexity index is 1540. The fourth-order valence-corrected chi connectivity index (χ4v) is 5.78. The molecule has 10 heteroatoms. The van der Waals surface area contributed by atoms with Gasteiger partial charge >= 0.3 is 0 Å². The van der Waals surface area contributed by atoms with E-state index in [4.69, 9.17) is 23.6 Å². The molecule has 0 spiro atoms. The lowest BCUT2D eigenvalue weighted by Gasteiger charge is -2.25. The lowest BCUT2D eigenvalue weighted by atomic mass is 9.94. The highest BCUT2D eigenvalue weighted by molar-refractivity contribution is 7.22. The van der Waals surface area contributed by atoms with Crippen molar-refractivity contribution < 1.29 is 33.3 Å². The molecule has 0 saturated heterocycles. The van der Waals surface area contributed by atoms with E-state index < -0.39 is 23.5 Å². The number of aliphatic hydroxyl groups is 1. The summed E-state index contributed by atoms with van der Waals surface area (Å²) < 4.78 is 22.7. The number of hydrogen-bond acceptors (Lipinski definition) is 9. The molecule has 2 aromatic heterocycles. The summed E-state index contributed by atoms with van der Waals surface area (Å²) in [6.45, 7) is 3.93. The number of benzene rings is 2. The molecule has 190 valence electrons. The molecule has 5 rings (SSSR count). The minimum atomic E-state index is -1.04. The molecule has 9 nitrogen and oxygen atoms in total. The third-order valence-corrected chi connectivity index (χ3v) is 7.23. The predicted octanol–water partition coefficient (Wildman–Crippen LogP) is 5.31. The summed E-state index contributed by atoms with van der Waals surface area (Å²) in [7, 11) is 4.42. The molecule has 1 N–H and O–H groups in total. The van der Waals surface area contributed by atoms with Gasteiger partial charge in [0.05, 0.1) is 49.4 Å². The molecule has 3 heterocycles. The summed E-state index contributed by atoms with van der Waals surface area (Å²) in [5, 5.41) is 11.4. The molecule has 0 radical (unpaired) electrons. The number of carbonyl (C=O) groups excluding carboxylic acids is 2. The molecular weight excluding hydrogens is 496 g/mol. The maximum absolute atomic E-state index is 13.5. The molecule has 2 aromatic carbocycles. The number of Topliss-reactive ketones (excluding diaryl/α,β-unsaturated/α-hetero) is 1. The average Bonchev–Trinajstić information content (AvgIpc) is 3.62. The first-order valence-electron chi connectivity index (χ1n) is 11.3. The quantitative estimate of drug-likeness (QED) is 0.326. The zero-order valence-corrected chi connectivity index (χ0v) is 21.6. The van der Waals surface area contributed by atoms with Crippen molar-refractivity contribution in [2.45, 2.75) is 19.9 Å². The van der Waals surface area contributed by atoms with Gasteiger partial charge < -0.3 is 23.7 Å². The largest absolute Gasteiger partial charge is 0.503 e. The zero-order valence-electron chi connectivity index (χ0n) is 20.8. The highest BCUT2D eigenvalue weighted by atomic mass is 32.1. The van der Waals surface area contributed by atoms with E-state index in [1.165, 1.54) is 49.9 Å². The first-order valence-corrected chi connectivity index (χ1v) is 12.1. The van der Waals surface area contributed by atoms with Crippen molar-refractivity contribution in [1.82, 2.24) is 4.98 Å². The van der Waals surface area contributed by atoms with Crippen LogP contribution in [0.25, 0.3) is 10.2 Å². The summed E-state index contributed by atoms with van der Waals surface area (Å²) in [6.07, 6.45) is 1.35. The van der Waals surface area contributed by atoms with Gasteiger partial charge in [-0.15, -0.1) is 0 Å². The summed E-state index contributed by atoms with van der Waals surface area (Å²) in [5.74, 6) is -1.04. The van der Waals surface area contributed by atoms with Crippen LogP contribution in [0.15, 0.2) is 58.4 Å². The number of aryl methyl sites for hydroxylation is 2. The molecule has 1 amide bonds. The minimum absolute atomic E-state index is 0.00980. The number of amides is 1. The topological polar surface area (TPSA) is 111 Å². The number of aliphatic hydroxyl groups excluding tert-OH is 1. The number of hydrogen-bond donors (Lipinski definition) is 1. The fraction of sp³-hybridized carbons (Fsp3) is 0.222. The summed E-state index contributed by atoms with van der Waals surface area (Å²) >= 11 is 1.30. The Morgan fingerprint density at radius 3 is 2.38 bits per heavy atom. The van der Waals surface area contributed by atoms with Crippen LogP contribution in [0.3, 0.4) is 0 Å². The van der Waals surface area contributed by atoms with Crippen LogP contribution in [0, 0.1) is 13.8 Å². The van der Waals surface area contributed by atoms with Crippen LogP contribution >= 0.6 is 11.3 Å². The van der Waals surface area contributed by atoms with Crippen molar-refractivity contribution in [3.05, 3.63) is 76.4 Å². The second-order valence-corrected chi connectivity index (χ2v) is 9.54. The van der Waals surface area contributed by atoms with Crippen LogP contribution in [-0.4, -0.2) is 43.1 Å². The summed E-state index contributed by atoms with van der Waals surface area (Å²) in [5.41, 5.74) is 3.07. The molecule has 1 atom stereocenters. The third-order valence-electron chi connectivity index (χ3n) is 6.23. The van der Waals surface area contributed by atoms with Crippen molar-refractivity contribution in [3.63, 3.8) is 0 Å². The van der Waals surface area contributed by atoms with Gasteiger partial charge in [0.1, 0.15) is 0 Å². The number of nitrogens with zero attached hydrogens (tertiary/aromatic N) is 2. The number of ether oxygens (including phenoxy) is 3. The number of anilines is 1. The van der Waals surface area contributed by atoms with E-state index in [1.807, 2.05) is 26.0 Å². The molecule has 1 aliphatic heterocycles. The van der Waals surface area contributed by atoms with Crippen molar-refractivity contribution >= 4 is 38.4 Å². The average molecular weight is 521 g/mol. The smallest absolute Gasteiger partial charge is 0.296 e. The van der Waals surface area contributed by atoms with Gasteiger partial charge in [0, 0.05) is 0 Å². The third kappa shape index (κ3) is 3.89. The summed E-state index contributed by atoms with van der Waals surface area (Å²) in [4.78, 5) is 33.1. The second kappa shape index (κ2) is 9.29. The van der Waals surface area contributed by atoms with E-state index in [1.54, 1.807) is 18.2 Å². The molecule has 0 saturated carbocycles. The highest BCUT2D eigenvalue weighted by Gasteiger charge is 2.47. The molecule has 0 bridgehead atoms. The minimum Gasteiger partial charge on any atom is -0.503 e. The van der Waals surface area contributed by atoms with Crippen molar-refractivity contribution in [2.24, 2.45) is 0 Å². The number of thiazole rings is 1. The van der Waals surface area contributed by atoms with Gasteiger partial charge in [0.25, 0.3) is 5.91 Å². The standard InChI is InChI=1S/C27H24N2O7S/c1-13-9-14(2)21-19(10-13)37-27(28-21)29-22(15-11-17(33-3)25(35-5)18(12-15)34-4)20(24(31)26(29)32)23(30)16-7-6-8-36-16/h6-12,22,31H,1-5H3. The van der Waals surface area contributed by atoms with Crippen LogP contribution < -0.4 is 19.1 Å². The Hall–Kier alpha value is -4.31. The van der Waals surface area contributed by atoms with E-state index in [0.717, 1.165) is 21.3 Å². The molecule has 0 aliphatic carbocycles. The van der Waals surface area contributed by atoms with Gasteiger partial charge in [-0.2, -0.15) is 0 Å². The number of ketones is 1. The fourth-order valence-electron chi connectivity index (χ4n) is 4.61. The Morgan fingerprint density at radius 1 is 1.08 bits per heavy atom. The van der Waals surface area contributed by atoms with Crippen molar-refractivity contribution in [1.29, 1.82) is 0 Å². The van der Waals surface area contributed by atoms with Crippen molar-refractivity contribution in [2.75, 3.05) is 26.2 Å². The van der Waals surface area contributed by atoms with Crippen LogP contribution in [0.4, 0.5) is 5.13 Å². The van der Waals surface area contributed by atoms with Crippen LogP contribution in [0.1, 0.15) is 33.3 Å². The monoisotopic (exact) mass is 520 g/mol. The van der Waals surface area contributed by atoms with E-state index in [9.17, 15) is 14.7 Å². The molecule has 1 unspecified atom stereocenters. The van der Waals surface area contributed by atoms with Gasteiger partial charge in [-0.3, -0.25) is 14.5 Å². The van der Waals surface area contributed by atoms with E-state index >= 15 is 0 Å². The lowest BCUT2D eigenvalue weighted by molar-refractivity contribution is -0.117. The van der Waals surface area contributed by atoms with Gasteiger partial charge in [-0.25, -0.2) is 4.98 Å². The Morgan fingerprint density at radius 2 is 1.78 bits per heavy atom. The first kappa shape index (κ1) is 24.4. The van der Waals surface area contributed by atoms with Gasteiger partial charge in [-0.05, 0) is 60.9 Å². The van der Waals surface area contributed by atoms with Crippen LogP contribution in [0.5, 0.6) is 17.2 Å². The lowest BCUT2D eigenvalue weighted by Crippen LogP contribution is -2.31. The maximum atomic E-state index is 13.5. The van der Waals surface area contributed by atoms with Crippen LogP contribution in [0.2, 0.25) is 0 Å². The highest BCUT2D eigenvalue weighted by Crippen LogP contribution is 2.48. The summed E-state index contributed by atoms with van der Waals surface area (Å²) in [6, 6.07) is 9.28. The Kier molecular flexibility index (Phi) is 6.12. The number of furan rings is 1. The van der Waals surface area contributed by atoms with Gasteiger partial charge in [0.2, 0.25) is 11.5 Å². The number of methoxy groups -OCH3 is 3. The van der Waals surface area contributed by atoms with E-state index in [0.29, 0.717) is 27.9 Å².